The molecule has 0 aromatic rings. The Bertz CT molecular complexity index is 278. The molecule has 4 nitrogen and oxygen atoms in total. The summed E-state index contributed by atoms with van der Waals surface area (Å²) >= 11 is 0. The van der Waals surface area contributed by atoms with E-state index in [0.29, 0.717) is 5.92 Å². The van der Waals surface area contributed by atoms with E-state index in [4.69, 9.17) is 0 Å². The number of hydrogen-bond acceptors (Lipinski definition) is 4. The highest BCUT2D eigenvalue weighted by molar-refractivity contribution is 5.14. The summed E-state index contributed by atoms with van der Waals surface area (Å²) in [6.07, 6.45) is 3.22. The quantitative estimate of drug-likeness (QED) is 0.736. The van der Waals surface area contributed by atoms with Crippen molar-refractivity contribution in [3.8, 4) is 6.07 Å². The van der Waals surface area contributed by atoms with Crippen molar-refractivity contribution in [2.24, 2.45) is 5.92 Å². The summed E-state index contributed by atoms with van der Waals surface area (Å²) in [6.45, 7) is 8.38. The van der Waals surface area contributed by atoms with Crippen LogP contribution in [-0.2, 0) is 0 Å². The summed E-state index contributed by atoms with van der Waals surface area (Å²) < 4.78 is 0. The van der Waals surface area contributed by atoms with Crippen LogP contribution in [0.1, 0.15) is 26.2 Å². The van der Waals surface area contributed by atoms with Crippen molar-refractivity contribution < 1.29 is 0 Å². The van der Waals surface area contributed by atoms with Crippen LogP contribution in [-0.4, -0.2) is 49.7 Å². The maximum absolute atomic E-state index is 9.75. The smallest absolute Gasteiger partial charge is 0.114 e. The maximum Gasteiger partial charge on any atom is 0.114 e. The van der Waals surface area contributed by atoms with Crippen LogP contribution >= 0.6 is 0 Å². The van der Waals surface area contributed by atoms with E-state index in [2.05, 4.69) is 28.5 Å². The lowest BCUT2D eigenvalue weighted by molar-refractivity contribution is 0.0565. The molecule has 0 bridgehead atoms. The lowest BCUT2D eigenvalue weighted by atomic mass is 9.76. The predicted molar refractivity (Wildman–Crippen MR) is 68.7 cm³/mol. The number of hydrogen-bond donors (Lipinski definition) is 2. The summed E-state index contributed by atoms with van der Waals surface area (Å²) in [4.78, 5) is 2.45. The number of rotatable bonds is 2. The zero-order valence-electron chi connectivity index (χ0n) is 10.8. The SMILES string of the molecule is CCC1CNCCC1(C#N)N1CCCNCC1. The van der Waals surface area contributed by atoms with Gasteiger partial charge < -0.3 is 10.6 Å². The minimum atomic E-state index is -0.216. The standard InChI is InChI=1S/C13H24N4/c1-2-12-10-16-6-4-13(12,11-14)17-8-3-5-15-7-9-17/h12,15-16H,2-10H2,1H3. The van der Waals surface area contributed by atoms with Gasteiger partial charge in [0.15, 0.2) is 0 Å². The Balaban J connectivity index is 2.18. The van der Waals surface area contributed by atoms with Gasteiger partial charge in [0, 0.05) is 32.1 Å². The normalized spacial score (nSPS) is 36.1. The van der Waals surface area contributed by atoms with Crippen molar-refractivity contribution in [1.82, 2.24) is 15.5 Å². The molecule has 0 aromatic heterocycles. The van der Waals surface area contributed by atoms with Crippen molar-refractivity contribution >= 4 is 0 Å². The van der Waals surface area contributed by atoms with Gasteiger partial charge in [-0.1, -0.05) is 6.92 Å². The summed E-state index contributed by atoms with van der Waals surface area (Å²) in [6, 6.07) is 2.67. The van der Waals surface area contributed by atoms with Gasteiger partial charge in [-0.25, -0.2) is 0 Å². The van der Waals surface area contributed by atoms with Crippen LogP contribution in [0.2, 0.25) is 0 Å². The molecule has 2 atom stereocenters. The fraction of sp³-hybridized carbons (Fsp3) is 0.923. The molecule has 2 unspecified atom stereocenters. The Morgan fingerprint density at radius 1 is 1.29 bits per heavy atom. The van der Waals surface area contributed by atoms with Gasteiger partial charge in [0.1, 0.15) is 5.54 Å². The van der Waals surface area contributed by atoms with Crippen molar-refractivity contribution in [3.05, 3.63) is 0 Å². The molecule has 2 aliphatic heterocycles. The third kappa shape index (κ3) is 2.47. The Kier molecular flexibility index (Phi) is 4.38. The van der Waals surface area contributed by atoms with Crippen LogP contribution in [0.25, 0.3) is 0 Å². The van der Waals surface area contributed by atoms with E-state index in [1.807, 2.05) is 0 Å². The Morgan fingerprint density at radius 3 is 2.94 bits per heavy atom. The third-order valence-corrected chi connectivity index (χ3v) is 4.34. The van der Waals surface area contributed by atoms with Gasteiger partial charge in [0.05, 0.1) is 6.07 Å². The fourth-order valence-corrected chi connectivity index (χ4v) is 3.29. The van der Waals surface area contributed by atoms with E-state index in [1.165, 1.54) is 0 Å². The molecule has 2 heterocycles. The number of nitriles is 1. The van der Waals surface area contributed by atoms with Crippen LogP contribution in [0, 0.1) is 17.2 Å². The van der Waals surface area contributed by atoms with Gasteiger partial charge in [0.25, 0.3) is 0 Å². The van der Waals surface area contributed by atoms with Crippen LogP contribution in [0.5, 0.6) is 0 Å². The van der Waals surface area contributed by atoms with Crippen molar-refractivity contribution in [1.29, 1.82) is 5.26 Å². The van der Waals surface area contributed by atoms with Crippen LogP contribution < -0.4 is 10.6 Å². The predicted octanol–water partition coefficient (Wildman–Crippen LogP) is 0.564. The molecule has 17 heavy (non-hydrogen) atoms. The van der Waals surface area contributed by atoms with Crippen LogP contribution in [0.3, 0.4) is 0 Å². The van der Waals surface area contributed by atoms with Gasteiger partial charge in [0.2, 0.25) is 0 Å². The second-order valence-electron chi connectivity index (χ2n) is 5.19. The molecule has 0 aliphatic carbocycles. The molecular formula is C13H24N4. The van der Waals surface area contributed by atoms with Gasteiger partial charge >= 0.3 is 0 Å². The first-order valence-electron chi connectivity index (χ1n) is 6.91. The minimum absolute atomic E-state index is 0.216. The zero-order valence-corrected chi connectivity index (χ0v) is 10.8. The lowest BCUT2D eigenvalue weighted by Gasteiger charge is -2.46. The molecule has 0 aromatic carbocycles. The number of piperidine rings is 1. The molecule has 0 saturated carbocycles. The average Bonchev–Trinajstić information content (AvgIpc) is 2.67. The molecule has 2 fully saturated rings. The Morgan fingerprint density at radius 2 is 2.18 bits per heavy atom. The van der Waals surface area contributed by atoms with Gasteiger partial charge in [-0.05, 0) is 32.4 Å². The van der Waals surface area contributed by atoms with Crippen LogP contribution in [0.15, 0.2) is 0 Å². The molecule has 2 aliphatic rings. The van der Waals surface area contributed by atoms with Crippen molar-refractivity contribution in [2.75, 3.05) is 39.3 Å². The summed E-state index contributed by atoms with van der Waals surface area (Å²) in [5, 5.41) is 16.6. The summed E-state index contributed by atoms with van der Waals surface area (Å²) in [5.74, 6) is 0.472. The number of nitrogens with one attached hydrogen (secondary N) is 2. The molecule has 2 rings (SSSR count). The van der Waals surface area contributed by atoms with Crippen molar-refractivity contribution in [2.45, 2.75) is 31.7 Å². The first-order valence-corrected chi connectivity index (χ1v) is 6.91. The molecule has 0 spiro atoms. The fourth-order valence-electron chi connectivity index (χ4n) is 3.29. The van der Waals surface area contributed by atoms with E-state index in [9.17, 15) is 5.26 Å². The van der Waals surface area contributed by atoms with Gasteiger partial charge in [-0.15, -0.1) is 0 Å². The van der Waals surface area contributed by atoms with Gasteiger partial charge in [-0.2, -0.15) is 5.26 Å². The average molecular weight is 236 g/mol. The van der Waals surface area contributed by atoms with E-state index < -0.39 is 0 Å². The summed E-state index contributed by atoms with van der Waals surface area (Å²) in [5.41, 5.74) is -0.216. The first kappa shape index (κ1) is 12.8. The van der Waals surface area contributed by atoms with E-state index in [1.54, 1.807) is 0 Å². The molecule has 2 N–H and O–H groups in total. The highest BCUT2D eigenvalue weighted by Crippen LogP contribution is 2.33. The molecular weight excluding hydrogens is 212 g/mol. The molecule has 4 heteroatoms. The topological polar surface area (TPSA) is 51.1 Å². The van der Waals surface area contributed by atoms with Crippen LogP contribution in [0.4, 0.5) is 0 Å². The first-order chi connectivity index (χ1) is 8.33. The lowest BCUT2D eigenvalue weighted by Crippen LogP contribution is -2.60. The third-order valence-electron chi connectivity index (χ3n) is 4.34. The van der Waals surface area contributed by atoms with Gasteiger partial charge in [-0.3, -0.25) is 4.90 Å². The second kappa shape index (κ2) is 5.81. The monoisotopic (exact) mass is 236 g/mol. The minimum Gasteiger partial charge on any atom is -0.316 e. The summed E-state index contributed by atoms with van der Waals surface area (Å²) in [7, 11) is 0. The zero-order chi connectivity index (χ0) is 12.1. The van der Waals surface area contributed by atoms with E-state index >= 15 is 0 Å². The molecule has 0 radical (unpaired) electrons. The molecule has 96 valence electrons. The molecule has 2 saturated heterocycles. The maximum atomic E-state index is 9.75. The largest absolute Gasteiger partial charge is 0.316 e. The van der Waals surface area contributed by atoms with Crippen molar-refractivity contribution in [3.63, 3.8) is 0 Å². The molecule has 0 amide bonds. The number of nitrogens with zero attached hydrogens (tertiary/aromatic N) is 2. The van der Waals surface area contributed by atoms with E-state index in [-0.39, 0.29) is 5.54 Å². The highest BCUT2D eigenvalue weighted by atomic mass is 15.2. The Labute approximate surface area is 104 Å². The highest BCUT2D eigenvalue weighted by Gasteiger charge is 2.44. The second-order valence-corrected chi connectivity index (χ2v) is 5.19. The van der Waals surface area contributed by atoms with E-state index in [0.717, 1.165) is 58.5 Å². The Hall–Kier alpha value is -0.630.